The zero-order valence-corrected chi connectivity index (χ0v) is 14.3. The molecule has 2 aromatic rings. The highest BCUT2D eigenvalue weighted by molar-refractivity contribution is 5.93. The first-order valence-corrected chi connectivity index (χ1v) is 8.09. The summed E-state index contributed by atoms with van der Waals surface area (Å²) in [6.07, 6.45) is 1.13. The summed E-state index contributed by atoms with van der Waals surface area (Å²) in [7, 11) is 2.70. The number of benzene rings is 1. The highest BCUT2D eigenvalue weighted by Crippen LogP contribution is 2.22. The number of methoxy groups -OCH3 is 2. The van der Waals surface area contributed by atoms with E-state index in [1.807, 2.05) is 4.57 Å². The minimum absolute atomic E-state index is 0.104. The van der Waals surface area contributed by atoms with E-state index in [-0.39, 0.29) is 24.6 Å². The van der Waals surface area contributed by atoms with E-state index < -0.39 is 0 Å². The summed E-state index contributed by atoms with van der Waals surface area (Å²) >= 11 is 0. The van der Waals surface area contributed by atoms with Gasteiger partial charge in [-0.3, -0.25) is 10.1 Å². The number of nitrogens with zero attached hydrogens (tertiary/aromatic N) is 2. The molecule has 25 heavy (non-hydrogen) atoms. The van der Waals surface area contributed by atoms with Gasteiger partial charge in [0.2, 0.25) is 0 Å². The van der Waals surface area contributed by atoms with Crippen LogP contribution < -0.4 is 5.32 Å². The lowest BCUT2D eigenvalue weighted by molar-refractivity contribution is -0.139. The fourth-order valence-electron chi connectivity index (χ4n) is 2.74. The number of imidazole rings is 1. The summed E-state index contributed by atoms with van der Waals surface area (Å²) < 4.78 is 17.0. The van der Waals surface area contributed by atoms with Gasteiger partial charge in [-0.1, -0.05) is 0 Å². The van der Waals surface area contributed by atoms with Crippen LogP contribution in [0.25, 0.3) is 11.0 Å². The maximum absolute atomic E-state index is 11.8. The lowest BCUT2D eigenvalue weighted by atomic mass is 10.1. The van der Waals surface area contributed by atoms with Gasteiger partial charge in [0, 0.05) is 6.61 Å². The van der Waals surface area contributed by atoms with Crippen LogP contribution in [0.15, 0.2) is 18.2 Å². The van der Waals surface area contributed by atoms with Crippen LogP contribution in [-0.2, 0) is 32.1 Å². The number of ether oxygens (including phenoxy) is 3. The molecule has 0 unspecified atom stereocenters. The molecule has 1 saturated heterocycles. The van der Waals surface area contributed by atoms with Crippen LogP contribution in [0, 0.1) is 0 Å². The van der Waals surface area contributed by atoms with Gasteiger partial charge in [-0.05, 0) is 24.6 Å². The summed E-state index contributed by atoms with van der Waals surface area (Å²) in [5.41, 5.74) is 2.09. The van der Waals surface area contributed by atoms with Crippen molar-refractivity contribution < 1.29 is 23.8 Å². The molecule has 1 N–H and O–H groups in total. The van der Waals surface area contributed by atoms with E-state index in [1.54, 1.807) is 18.2 Å². The molecule has 3 rings (SSSR count). The van der Waals surface area contributed by atoms with Gasteiger partial charge in [0.05, 0.1) is 56.6 Å². The standard InChI is InChI=1S/C17H21N3O5/c1-23-16(21)9-18-8-15-19-13-4-3-11(17(22)24-2)7-14(13)20(15)10-12-5-6-25-12/h3-4,7,12,18H,5-6,8-10H2,1-2H3/t12-/m0/s1. The maximum atomic E-state index is 11.8. The van der Waals surface area contributed by atoms with Crippen LogP contribution in [0.3, 0.4) is 0 Å². The first-order valence-electron chi connectivity index (χ1n) is 8.09. The van der Waals surface area contributed by atoms with E-state index in [2.05, 4.69) is 15.0 Å². The Labute approximate surface area is 145 Å². The van der Waals surface area contributed by atoms with E-state index in [0.717, 1.165) is 29.9 Å². The summed E-state index contributed by atoms with van der Waals surface area (Å²) in [4.78, 5) is 27.7. The molecule has 0 aliphatic carbocycles. The zero-order chi connectivity index (χ0) is 17.8. The Bertz CT molecular complexity index is 782. The summed E-state index contributed by atoms with van der Waals surface area (Å²) in [5.74, 6) is 0.0503. The minimum atomic E-state index is -0.389. The maximum Gasteiger partial charge on any atom is 0.337 e. The molecule has 1 aliphatic rings. The average Bonchev–Trinajstić information content (AvgIpc) is 2.93. The van der Waals surface area contributed by atoms with Crippen molar-refractivity contribution in [1.29, 1.82) is 0 Å². The molecule has 1 atom stereocenters. The summed E-state index contributed by atoms with van der Waals surface area (Å²) in [5, 5.41) is 3.02. The van der Waals surface area contributed by atoms with Crippen LogP contribution in [0.5, 0.6) is 0 Å². The second kappa shape index (κ2) is 7.62. The molecule has 1 fully saturated rings. The SMILES string of the molecule is COC(=O)CNCc1nc2ccc(C(=O)OC)cc2n1C[C@@H]1CCO1. The van der Waals surface area contributed by atoms with Crippen molar-refractivity contribution in [3.05, 3.63) is 29.6 Å². The van der Waals surface area contributed by atoms with Gasteiger partial charge in [0.25, 0.3) is 0 Å². The third kappa shape index (κ3) is 3.80. The van der Waals surface area contributed by atoms with Crippen molar-refractivity contribution >= 4 is 23.0 Å². The molecule has 1 aliphatic heterocycles. The third-order valence-corrected chi connectivity index (χ3v) is 4.21. The molecule has 8 heteroatoms. The topological polar surface area (TPSA) is 91.7 Å². The molecule has 0 saturated carbocycles. The molecule has 2 heterocycles. The average molecular weight is 347 g/mol. The van der Waals surface area contributed by atoms with Crippen LogP contribution in [-0.4, -0.2) is 55.0 Å². The monoisotopic (exact) mass is 347 g/mol. The molecule has 0 spiro atoms. The smallest absolute Gasteiger partial charge is 0.337 e. The number of hydrogen-bond acceptors (Lipinski definition) is 7. The molecular weight excluding hydrogens is 326 g/mol. The number of carbonyl (C=O) groups is 2. The molecule has 134 valence electrons. The van der Waals surface area contributed by atoms with Gasteiger partial charge >= 0.3 is 11.9 Å². The van der Waals surface area contributed by atoms with E-state index in [4.69, 9.17) is 9.47 Å². The largest absolute Gasteiger partial charge is 0.468 e. The first-order chi connectivity index (χ1) is 12.1. The second-order valence-electron chi connectivity index (χ2n) is 5.79. The van der Waals surface area contributed by atoms with E-state index >= 15 is 0 Å². The number of nitrogens with one attached hydrogen (secondary N) is 1. The van der Waals surface area contributed by atoms with Crippen LogP contribution in [0.4, 0.5) is 0 Å². The number of hydrogen-bond donors (Lipinski definition) is 1. The summed E-state index contributed by atoms with van der Waals surface area (Å²) in [6.45, 7) is 1.92. The van der Waals surface area contributed by atoms with Crippen molar-refractivity contribution in [1.82, 2.24) is 14.9 Å². The minimum Gasteiger partial charge on any atom is -0.468 e. The lowest BCUT2D eigenvalue weighted by Crippen LogP contribution is -2.32. The number of carbonyl (C=O) groups excluding carboxylic acids is 2. The van der Waals surface area contributed by atoms with Crippen LogP contribution in [0.2, 0.25) is 0 Å². The van der Waals surface area contributed by atoms with Gasteiger partial charge in [-0.15, -0.1) is 0 Å². The number of fused-ring (bicyclic) bond motifs is 1. The van der Waals surface area contributed by atoms with Crippen molar-refractivity contribution in [3.63, 3.8) is 0 Å². The van der Waals surface area contributed by atoms with Crippen molar-refractivity contribution in [2.45, 2.75) is 25.6 Å². The van der Waals surface area contributed by atoms with Crippen LogP contribution >= 0.6 is 0 Å². The van der Waals surface area contributed by atoms with Gasteiger partial charge in [0.15, 0.2) is 0 Å². The molecule has 1 aromatic heterocycles. The number of rotatable bonds is 7. The molecule has 0 radical (unpaired) electrons. The Kier molecular flexibility index (Phi) is 5.30. The second-order valence-corrected chi connectivity index (χ2v) is 5.79. The first kappa shape index (κ1) is 17.4. The Morgan fingerprint density at radius 2 is 2.16 bits per heavy atom. The van der Waals surface area contributed by atoms with E-state index in [0.29, 0.717) is 18.7 Å². The summed E-state index contributed by atoms with van der Waals surface area (Å²) in [6, 6.07) is 5.26. The normalized spacial score (nSPS) is 16.5. The highest BCUT2D eigenvalue weighted by Gasteiger charge is 2.22. The van der Waals surface area contributed by atoms with Crippen molar-refractivity contribution in [2.24, 2.45) is 0 Å². The lowest BCUT2D eigenvalue weighted by Gasteiger charge is -2.27. The van der Waals surface area contributed by atoms with Gasteiger partial charge in [-0.2, -0.15) is 0 Å². The van der Waals surface area contributed by atoms with Crippen LogP contribution in [0.1, 0.15) is 22.6 Å². The number of esters is 2. The third-order valence-electron chi connectivity index (χ3n) is 4.21. The fraction of sp³-hybridized carbons (Fsp3) is 0.471. The Hall–Kier alpha value is -2.45. The quantitative estimate of drug-likeness (QED) is 0.743. The van der Waals surface area contributed by atoms with E-state index in [1.165, 1.54) is 14.2 Å². The fourth-order valence-corrected chi connectivity index (χ4v) is 2.74. The van der Waals surface area contributed by atoms with Gasteiger partial charge < -0.3 is 18.8 Å². The Balaban J connectivity index is 1.89. The van der Waals surface area contributed by atoms with Crippen molar-refractivity contribution in [2.75, 3.05) is 27.4 Å². The highest BCUT2D eigenvalue weighted by atomic mass is 16.5. The van der Waals surface area contributed by atoms with E-state index in [9.17, 15) is 9.59 Å². The predicted octanol–water partition coefficient (Wildman–Crippen LogP) is 0.874. The predicted molar refractivity (Wildman–Crippen MR) is 89.2 cm³/mol. The number of aromatic nitrogens is 2. The van der Waals surface area contributed by atoms with Gasteiger partial charge in [-0.25, -0.2) is 9.78 Å². The zero-order valence-electron chi connectivity index (χ0n) is 14.3. The Morgan fingerprint density at radius 3 is 2.80 bits per heavy atom. The molecule has 0 bridgehead atoms. The molecular formula is C17H21N3O5. The van der Waals surface area contributed by atoms with Crippen molar-refractivity contribution in [3.8, 4) is 0 Å². The Morgan fingerprint density at radius 1 is 1.36 bits per heavy atom. The molecule has 0 amide bonds. The van der Waals surface area contributed by atoms with Gasteiger partial charge in [0.1, 0.15) is 5.82 Å². The molecule has 8 nitrogen and oxygen atoms in total. The molecule has 1 aromatic carbocycles.